The zero-order valence-corrected chi connectivity index (χ0v) is 16.7. The summed E-state index contributed by atoms with van der Waals surface area (Å²) in [4.78, 5) is 5.82. The summed E-state index contributed by atoms with van der Waals surface area (Å²) in [5, 5.41) is 18.6. The van der Waals surface area contributed by atoms with Gasteiger partial charge in [0.05, 0.1) is 37.5 Å². The molecule has 5 nitrogen and oxygen atoms in total. The van der Waals surface area contributed by atoms with E-state index in [0.717, 1.165) is 37.5 Å². The number of thiazole rings is 1. The summed E-state index contributed by atoms with van der Waals surface area (Å²) < 4.78 is 11.3. The molecular weight excluding hydrogens is 382 g/mol. The van der Waals surface area contributed by atoms with E-state index in [9.17, 15) is 5.11 Å². The van der Waals surface area contributed by atoms with Crippen molar-refractivity contribution in [2.24, 2.45) is 0 Å². The first kappa shape index (κ1) is 19.7. The minimum Gasteiger partial charge on any atom is -0.497 e. The van der Waals surface area contributed by atoms with Crippen LogP contribution in [-0.4, -0.2) is 47.9 Å². The lowest BCUT2D eigenvalue weighted by Gasteiger charge is -2.05. The molecule has 1 aromatic heterocycles. The number of benzene rings is 2. The third-order valence-electron chi connectivity index (χ3n) is 3.93. The van der Waals surface area contributed by atoms with Crippen molar-refractivity contribution < 1.29 is 19.7 Å². The first-order valence-corrected chi connectivity index (χ1v) is 10.2. The fraction of sp³-hybridized carbons (Fsp3) is 0.250. The van der Waals surface area contributed by atoms with E-state index >= 15 is 0 Å². The van der Waals surface area contributed by atoms with E-state index in [1.165, 1.54) is 11.8 Å². The summed E-state index contributed by atoms with van der Waals surface area (Å²) in [7, 11) is 3.29. The number of hydrogen-bond donors (Lipinski definition) is 2. The van der Waals surface area contributed by atoms with E-state index in [2.05, 4.69) is 0 Å². The summed E-state index contributed by atoms with van der Waals surface area (Å²) in [6.07, 6.45) is -0.757. The normalized spacial score (nSPS) is 12.0. The summed E-state index contributed by atoms with van der Waals surface area (Å²) in [6, 6.07) is 15.7. The molecule has 0 fully saturated rings. The van der Waals surface area contributed by atoms with Gasteiger partial charge < -0.3 is 19.7 Å². The molecule has 0 bridgehead atoms. The van der Waals surface area contributed by atoms with Crippen molar-refractivity contribution >= 4 is 23.1 Å². The van der Waals surface area contributed by atoms with Crippen LogP contribution < -0.4 is 9.47 Å². The molecule has 0 saturated heterocycles. The predicted molar refractivity (Wildman–Crippen MR) is 110 cm³/mol. The van der Waals surface area contributed by atoms with Crippen LogP contribution >= 0.6 is 23.1 Å². The van der Waals surface area contributed by atoms with Gasteiger partial charge in [-0.2, -0.15) is 0 Å². The quantitative estimate of drug-likeness (QED) is 0.555. The molecule has 3 rings (SSSR count). The predicted octanol–water partition coefficient (Wildman–Crippen LogP) is 3.94. The van der Waals surface area contributed by atoms with Gasteiger partial charge in [-0.1, -0.05) is 11.8 Å². The molecule has 0 aliphatic carbocycles. The summed E-state index contributed by atoms with van der Waals surface area (Å²) in [6.45, 7) is -0.255. The maximum absolute atomic E-state index is 9.62. The Kier molecular flexibility index (Phi) is 6.73. The first-order valence-electron chi connectivity index (χ1n) is 8.36. The fourth-order valence-corrected chi connectivity index (χ4v) is 4.58. The van der Waals surface area contributed by atoms with Gasteiger partial charge in [-0.25, -0.2) is 4.98 Å². The molecular formula is C20H21NO4S2. The number of rotatable bonds is 8. The van der Waals surface area contributed by atoms with Crippen molar-refractivity contribution in [3.63, 3.8) is 0 Å². The molecule has 0 amide bonds. The summed E-state index contributed by atoms with van der Waals surface area (Å²) in [5.41, 5.74) is 2.93. The number of aromatic nitrogens is 1. The van der Waals surface area contributed by atoms with Crippen LogP contribution in [0.15, 0.2) is 52.9 Å². The Hall–Kier alpha value is -2.06. The van der Waals surface area contributed by atoms with E-state index in [1.807, 2.05) is 48.5 Å². The molecule has 0 radical (unpaired) electrons. The highest BCUT2D eigenvalue weighted by molar-refractivity contribution is 8.01. The molecule has 0 aliphatic rings. The SMILES string of the molecule is COc1ccc(-c2nc(SCC(O)CO)sc2-c2ccc(OC)cc2)cc1. The van der Waals surface area contributed by atoms with Gasteiger partial charge in [0, 0.05) is 11.3 Å². The van der Waals surface area contributed by atoms with Crippen LogP contribution in [-0.2, 0) is 0 Å². The standard InChI is InChI=1S/C20H21NO4S2/c1-24-16-7-3-13(4-8-16)18-19(14-5-9-17(25-2)10-6-14)27-20(21-18)26-12-15(23)11-22/h3-10,15,22-23H,11-12H2,1-2H3. The Bertz CT molecular complexity index is 798. The molecule has 7 heteroatoms. The van der Waals surface area contributed by atoms with Crippen LogP contribution in [0.5, 0.6) is 11.5 Å². The zero-order valence-electron chi connectivity index (χ0n) is 15.1. The summed E-state index contributed by atoms with van der Waals surface area (Å²) in [5.74, 6) is 1.99. The van der Waals surface area contributed by atoms with E-state index < -0.39 is 6.10 Å². The lowest BCUT2D eigenvalue weighted by atomic mass is 10.1. The van der Waals surface area contributed by atoms with Gasteiger partial charge >= 0.3 is 0 Å². The molecule has 0 saturated carbocycles. The molecule has 1 heterocycles. The molecule has 142 valence electrons. The monoisotopic (exact) mass is 403 g/mol. The minimum absolute atomic E-state index is 0.255. The van der Waals surface area contributed by atoms with Crippen LogP contribution in [0.1, 0.15) is 0 Å². The second-order valence-electron chi connectivity index (χ2n) is 5.76. The summed E-state index contributed by atoms with van der Waals surface area (Å²) >= 11 is 3.01. The third kappa shape index (κ3) is 4.81. The van der Waals surface area contributed by atoms with E-state index in [1.54, 1.807) is 25.6 Å². The van der Waals surface area contributed by atoms with E-state index in [-0.39, 0.29) is 6.61 Å². The second-order valence-corrected chi connectivity index (χ2v) is 8.03. The fourth-order valence-electron chi connectivity index (χ4n) is 2.47. The van der Waals surface area contributed by atoms with Crippen LogP contribution in [0.4, 0.5) is 0 Å². The van der Waals surface area contributed by atoms with Gasteiger partial charge in [0.15, 0.2) is 4.34 Å². The number of ether oxygens (including phenoxy) is 2. The first-order chi connectivity index (χ1) is 13.1. The number of thioether (sulfide) groups is 1. The van der Waals surface area contributed by atoms with Crippen molar-refractivity contribution in [3.05, 3.63) is 48.5 Å². The smallest absolute Gasteiger partial charge is 0.151 e. The third-order valence-corrected chi connectivity index (χ3v) is 6.33. The average Bonchev–Trinajstić information content (AvgIpc) is 3.16. The Labute approximate surface area is 166 Å². The van der Waals surface area contributed by atoms with E-state index in [0.29, 0.717) is 5.75 Å². The Morgan fingerprint density at radius 1 is 0.963 bits per heavy atom. The molecule has 27 heavy (non-hydrogen) atoms. The van der Waals surface area contributed by atoms with Gasteiger partial charge in [0.2, 0.25) is 0 Å². The largest absolute Gasteiger partial charge is 0.497 e. The number of nitrogens with zero attached hydrogens (tertiary/aromatic N) is 1. The van der Waals surface area contributed by atoms with Crippen LogP contribution in [0.25, 0.3) is 21.7 Å². The van der Waals surface area contributed by atoms with Gasteiger partial charge in [-0.05, 0) is 54.1 Å². The highest BCUT2D eigenvalue weighted by Crippen LogP contribution is 2.41. The molecule has 0 aliphatic heterocycles. The Morgan fingerprint density at radius 2 is 1.52 bits per heavy atom. The molecule has 2 aromatic carbocycles. The van der Waals surface area contributed by atoms with Crippen molar-refractivity contribution in [3.8, 4) is 33.2 Å². The maximum Gasteiger partial charge on any atom is 0.151 e. The number of aliphatic hydroxyl groups is 2. The minimum atomic E-state index is -0.757. The number of methoxy groups -OCH3 is 2. The Morgan fingerprint density at radius 3 is 2.04 bits per heavy atom. The van der Waals surface area contributed by atoms with Gasteiger partial charge in [-0.3, -0.25) is 0 Å². The van der Waals surface area contributed by atoms with Crippen molar-refractivity contribution in [2.75, 3.05) is 26.6 Å². The van der Waals surface area contributed by atoms with Crippen molar-refractivity contribution in [1.29, 1.82) is 0 Å². The number of aliphatic hydroxyl groups excluding tert-OH is 2. The maximum atomic E-state index is 9.62. The van der Waals surface area contributed by atoms with Crippen LogP contribution in [0, 0.1) is 0 Å². The van der Waals surface area contributed by atoms with Crippen LogP contribution in [0.3, 0.4) is 0 Å². The second kappa shape index (κ2) is 9.23. The lowest BCUT2D eigenvalue weighted by molar-refractivity contribution is 0.113. The average molecular weight is 404 g/mol. The lowest BCUT2D eigenvalue weighted by Crippen LogP contribution is -2.14. The molecule has 1 atom stereocenters. The van der Waals surface area contributed by atoms with Gasteiger partial charge in [0.1, 0.15) is 11.5 Å². The van der Waals surface area contributed by atoms with E-state index in [4.69, 9.17) is 19.6 Å². The zero-order chi connectivity index (χ0) is 19.2. The van der Waals surface area contributed by atoms with Crippen LogP contribution in [0.2, 0.25) is 0 Å². The van der Waals surface area contributed by atoms with Crippen molar-refractivity contribution in [2.45, 2.75) is 10.4 Å². The highest BCUT2D eigenvalue weighted by atomic mass is 32.2. The van der Waals surface area contributed by atoms with Gasteiger partial charge in [0.25, 0.3) is 0 Å². The Balaban J connectivity index is 1.98. The molecule has 3 aromatic rings. The topological polar surface area (TPSA) is 71.8 Å². The highest BCUT2D eigenvalue weighted by Gasteiger charge is 2.16. The van der Waals surface area contributed by atoms with Crippen molar-refractivity contribution in [1.82, 2.24) is 4.98 Å². The number of hydrogen-bond acceptors (Lipinski definition) is 7. The van der Waals surface area contributed by atoms with Gasteiger partial charge in [-0.15, -0.1) is 11.3 Å². The molecule has 0 spiro atoms. The molecule has 2 N–H and O–H groups in total. The molecule has 1 unspecified atom stereocenters.